The molecule has 0 aliphatic rings. The Labute approximate surface area is 109 Å². The van der Waals surface area contributed by atoms with Gasteiger partial charge in [-0.3, -0.25) is 0 Å². The van der Waals surface area contributed by atoms with E-state index >= 15 is 0 Å². The van der Waals surface area contributed by atoms with Crippen molar-refractivity contribution in [3.8, 4) is 0 Å². The van der Waals surface area contributed by atoms with E-state index in [-0.39, 0.29) is 0 Å². The van der Waals surface area contributed by atoms with Crippen molar-refractivity contribution in [2.24, 2.45) is 11.1 Å². The molecule has 0 bridgehead atoms. The van der Waals surface area contributed by atoms with E-state index in [0.29, 0.717) is 5.41 Å². The van der Waals surface area contributed by atoms with Crippen LogP contribution in [0, 0.1) is 12.3 Å². The van der Waals surface area contributed by atoms with Crippen molar-refractivity contribution in [3.05, 3.63) is 16.1 Å². The van der Waals surface area contributed by atoms with Gasteiger partial charge in [-0.05, 0) is 44.7 Å². The van der Waals surface area contributed by atoms with Crippen molar-refractivity contribution in [1.82, 2.24) is 10.3 Å². The molecule has 1 rings (SSSR count). The van der Waals surface area contributed by atoms with E-state index in [9.17, 15) is 0 Å². The molecule has 0 unspecified atom stereocenters. The van der Waals surface area contributed by atoms with Crippen molar-refractivity contribution in [2.45, 2.75) is 46.6 Å². The third-order valence-corrected chi connectivity index (χ3v) is 4.09. The Hall–Kier alpha value is -0.450. The van der Waals surface area contributed by atoms with Crippen LogP contribution in [0.2, 0.25) is 0 Å². The number of hydrogen-bond acceptors (Lipinski definition) is 4. The fraction of sp³-hybridized carbons (Fsp3) is 0.769. The molecule has 1 heterocycles. The van der Waals surface area contributed by atoms with Crippen molar-refractivity contribution in [3.63, 3.8) is 0 Å². The van der Waals surface area contributed by atoms with Crippen molar-refractivity contribution >= 4 is 11.3 Å². The molecule has 0 amide bonds. The zero-order valence-electron chi connectivity index (χ0n) is 11.3. The summed E-state index contributed by atoms with van der Waals surface area (Å²) in [5, 5.41) is 3.48. The standard InChI is InChI=1S/C13H25N3S/c1-11-12(17-10-16-11)9-15-8-4-5-13(2,3)6-7-14/h10,15H,4-9,14H2,1-3H3. The molecule has 0 fully saturated rings. The molecule has 0 saturated carbocycles. The molecule has 3 nitrogen and oxygen atoms in total. The number of hydrogen-bond donors (Lipinski definition) is 2. The lowest BCUT2D eigenvalue weighted by Crippen LogP contribution is -2.20. The van der Waals surface area contributed by atoms with Gasteiger partial charge in [0.1, 0.15) is 0 Å². The summed E-state index contributed by atoms with van der Waals surface area (Å²) in [4.78, 5) is 5.60. The number of rotatable bonds is 8. The molecular weight excluding hydrogens is 230 g/mol. The van der Waals surface area contributed by atoms with Crippen LogP contribution in [0.25, 0.3) is 0 Å². The van der Waals surface area contributed by atoms with Crippen molar-refractivity contribution in [2.75, 3.05) is 13.1 Å². The molecule has 0 spiro atoms. The number of aryl methyl sites for hydroxylation is 1. The largest absolute Gasteiger partial charge is 0.330 e. The van der Waals surface area contributed by atoms with E-state index in [2.05, 4.69) is 31.1 Å². The van der Waals surface area contributed by atoms with Crippen LogP contribution in [-0.4, -0.2) is 18.1 Å². The van der Waals surface area contributed by atoms with Crippen LogP contribution in [0.4, 0.5) is 0 Å². The van der Waals surface area contributed by atoms with Gasteiger partial charge in [0, 0.05) is 11.4 Å². The maximum absolute atomic E-state index is 5.60. The normalized spacial score (nSPS) is 12.0. The second-order valence-electron chi connectivity index (χ2n) is 5.34. The molecule has 0 saturated heterocycles. The second kappa shape index (κ2) is 7.09. The maximum Gasteiger partial charge on any atom is 0.0798 e. The highest BCUT2D eigenvalue weighted by Crippen LogP contribution is 2.25. The zero-order valence-corrected chi connectivity index (χ0v) is 12.1. The van der Waals surface area contributed by atoms with Crippen LogP contribution in [0.1, 0.15) is 43.7 Å². The van der Waals surface area contributed by atoms with Gasteiger partial charge in [-0.15, -0.1) is 11.3 Å². The minimum atomic E-state index is 0.386. The van der Waals surface area contributed by atoms with E-state index in [1.165, 1.54) is 17.7 Å². The van der Waals surface area contributed by atoms with Crippen molar-refractivity contribution < 1.29 is 0 Å². The predicted molar refractivity (Wildman–Crippen MR) is 75.2 cm³/mol. The molecule has 0 aliphatic heterocycles. The summed E-state index contributed by atoms with van der Waals surface area (Å²) >= 11 is 1.73. The average molecular weight is 255 g/mol. The Kier molecular flexibility index (Phi) is 6.09. The Morgan fingerprint density at radius 3 is 2.76 bits per heavy atom. The fourth-order valence-corrected chi connectivity index (χ4v) is 2.65. The monoisotopic (exact) mass is 255 g/mol. The molecule has 0 atom stereocenters. The number of nitrogens with one attached hydrogen (secondary N) is 1. The Balaban J connectivity index is 2.11. The maximum atomic E-state index is 5.60. The third kappa shape index (κ3) is 5.61. The lowest BCUT2D eigenvalue weighted by Gasteiger charge is -2.23. The number of aromatic nitrogens is 1. The zero-order chi connectivity index (χ0) is 12.7. The van der Waals surface area contributed by atoms with E-state index in [0.717, 1.165) is 31.7 Å². The van der Waals surface area contributed by atoms with Crippen LogP contribution in [-0.2, 0) is 6.54 Å². The van der Waals surface area contributed by atoms with Gasteiger partial charge in [0.2, 0.25) is 0 Å². The molecule has 4 heteroatoms. The third-order valence-electron chi connectivity index (χ3n) is 3.16. The fourth-order valence-electron chi connectivity index (χ4n) is 1.91. The molecule has 1 aromatic rings. The lowest BCUT2D eigenvalue weighted by molar-refractivity contribution is 0.302. The first-order valence-corrected chi connectivity index (χ1v) is 7.23. The van der Waals surface area contributed by atoms with Gasteiger partial charge in [-0.2, -0.15) is 0 Å². The quantitative estimate of drug-likeness (QED) is 0.702. The minimum Gasteiger partial charge on any atom is -0.330 e. The van der Waals surface area contributed by atoms with E-state index in [1.54, 1.807) is 11.3 Å². The van der Waals surface area contributed by atoms with Gasteiger partial charge in [0.15, 0.2) is 0 Å². The van der Waals surface area contributed by atoms with Gasteiger partial charge in [0.05, 0.1) is 11.2 Å². The Bertz CT molecular complexity index is 320. The second-order valence-corrected chi connectivity index (χ2v) is 6.28. The molecule has 0 aromatic carbocycles. The SMILES string of the molecule is Cc1ncsc1CNCCCC(C)(C)CCN. The van der Waals surface area contributed by atoms with Crippen LogP contribution in [0.15, 0.2) is 5.51 Å². The first-order valence-electron chi connectivity index (χ1n) is 6.35. The summed E-state index contributed by atoms with van der Waals surface area (Å²) in [5.74, 6) is 0. The Morgan fingerprint density at radius 1 is 1.41 bits per heavy atom. The number of thiazole rings is 1. The van der Waals surface area contributed by atoms with E-state index in [1.807, 2.05) is 5.51 Å². The summed E-state index contributed by atoms with van der Waals surface area (Å²) in [6.07, 6.45) is 3.56. The summed E-state index contributed by atoms with van der Waals surface area (Å²) < 4.78 is 0. The Morgan fingerprint density at radius 2 is 2.18 bits per heavy atom. The molecule has 1 aromatic heterocycles. The molecular formula is C13H25N3S. The highest BCUT2D eigenvalue weighted by molar-refractivity contribution is 7.09. The average Bonchev–Trinajstić information content (AvgIpc) is 2.63. The van der Waals surface area contributed by atoms with Gasteiger partial charge in [-0.1, -0.05) is 13.8 Å². The van der Waals surface area contributed by atoms with Crippen LogP contribution in [0.5, 0.6) is 0 Å². The summed E-state index contributed by atoms with van der Waals surface area (Å²) in [6, 6.07) is 0. The van der Waals surface area contributed by atoms with E-state index < -0.39 is 0 Å². The number of nitrogens with zero attached hydrogens (tertiary/aromatic N) is 1. The predicted octanol–water partition coefficient (Wildman–Crippen LogP) is 2.70. The first-order chi connectivity index (χ1) is 8.05. The summed E-state index contributed by atoms with van der Waals surface area (Å²) in [5.41, 5.74) is 9.06. The molecule has 0 aliphatic carbocycles. The van der Waals surface area contributed by atoms with Gasteiger partial charge < -0.3 is 11.1 Å². The molecule has 17 heavy (non-hydrogen) atoms. The number of nitrogens with two attached hydrogens (primary N) is 1. The highest BCUT2D eigenvalue weighted by atomic mass is 32.1. The topological polar surface area (TPSA) is 50.9 Å². The lowest BCUT2D eigenvalue weighted by atomic mass is 9.84. The minimum absolute atomic E-state index is 0.386. The van der Waals surface area contributed by atoms with Gasteiger partial charge in [0.25, 0.3) is 0 Å². The van der Waals surface area contributed by atoms with Crippen LogP contribution in [0.3, 0.4) is 0 Å². The molecule has 98 valence electrons. The summed E-state index contributed by atoms with van der Waals surface area (Å²) in [7, 11) is 0. The molecule has 3 N–H and O–H groups in total. The van der Waals surface area contributed by atoms with Crippen molar-refractivity contribution in [1.29, 1.82) is 0 Å². The summed E-state index contributed by atoms with van der Waals surface area (Å²) in [6.45, 7) is 9.48. The van der Waals surface area contributed by atoms with E-state index in [4.69, 9.17) is 5.73 Å². The smallest absolute Gasteiger partial charge is 0.0798 e. The van der Waals surface area contributed by atoms with Gasteiger partial charge >= 0.3 is 0 Å². The van der Waals surface area contributed by atoms with Crippen LogP contribution >= 0.6 is 11.3 Å². The van der Waals surface area contributed by atoms with Gasteiger partial charge in [-0.25, -0.2) is 4.98 Å². The molecule has 0 radical (unpaired) electrons. The first kappa shape index (κ1) is 14.6. The highest BCUT2D eigenvalue weighted by Gasteiger charge is 2.15. The van der Waals surface area contributed by atoms with Crippen LogP contribution < -0.4 is 11.1 Å².